The topological polar surface area (TPSA) is 42.0 Å². The summed E-state index contributed by atoms with van der Waals surface area (Å²) in [4.78, 5) is 15.1. The van der Waals surface area contributed by atoms with Crippen LogP contribution in [0.1, 0.15) is 21.5 Å². The zero-order chi connectivity index (χ0) is 13.8. The van der Waals surface area contributed by atoms with Gasteiger partial charge in [0.2, 0.25) is 5.95 Å². The summed E-state index contributed by atoms with van der Waals surface area (Å²) in [6.07, 6.45) is 1.22. The van der Waals surface area contributed by atoms with Gasteiger partial charge < -0.3 is 5.32 Å². The monoisotopic (exact) mass is 262 g/mol. The molecule has 0 aliphatic heterocycles. The van der Waals surface area contributed by atoms with Gasteiger partial charge in [-0.2, -0.15) is 4.39 Å². The van der Waals surface area contributed by atoms with Crippen molar-refractivity contribution in [2.75, 3.05) is 0 Å². The third kappa shape index (κ3) is 3.34. The van der Waals surface area contributed by atoms with Crippen LogP contribution in [0.4, 0.5) is 8.78 Å². The molecule has 19 heavy (non-hydrogen) atoms. The highest BCUT2D eigenvalue weighted by Gasteiger charge is 2.07. The van der Waals surface area contributed by atoms with E-state index in [9.17, 15) is 13.6 Å². The van der Waals surface area contributed by atoms with Crippen LogP contribution in [-0.4, -0.2) is 10.9 Å². The number of nitrogens with one attached hydrogen (secondary N) is 1. The predicted molar refractivity (Wildman–Crippen MR) is 66.5 cm³/mol. The lowest BCUT2D eigenvalue weighted by molar-refractivity contribution is 0.0950. The SMILES string of the molecule is Cc1ccc(CNC(=O)c2ccnc(F)c2)cc1F. The van der Waals surface area contributed by atoms with Gasteiger partial charge in [0.1, 0.15) is 5.82 Å². The summed E-state index contributed by atoms with van der Waals surface area (Å²) in [5, 5.41) is 2.59. The van der Waals surface area contributed by atoms with E-state index in [1.165, 1.54) is 18.3 Å². The third-order valence-corrected chi connectivity index (χ3v) is 2.68. The Balaban J connectivity index is 2.02. The lowest BCUT2D eigenvalue weighted by Crippen LogP contribution is -2.23. The molecule has 3 nitrogen and oxygen atoms in total. The van der Waals surface area contributed by atoms with E-state index in [4.69, 9.17) is 0 Å². The molecule has 2 rings (SSSR count). The third-order valence-electron chi connectivity index (χ3n) is 2.68. The maximum absolute atomic E-state index is 13.3. The van der Waals surface area contributed by atoms with Gasteiger partial charge in [-0.05, 0) is 30.2 Å². The fourth-order valence-corrected chi connectivity index (χ4v) is 1.57. The second kappa shape index (κ2) is 5.56. The number of pyridine rings is 1. The Bertz CT molecular complexity index is 614. The molecule has 2 aromatic rings. The molecule has 0 aliphatic carbocycles. The number of carbonyl (C=O) groups excluding carboxylic acids is 1. The molecule has 1 aromatic heterocycles. The van der Waals surface area contributed by atoms with Gasteiger partial charge >= 0.3 is 0 Å². The van der Waals surface area contributed by atoms with Crippen LogP contribution < -0.4 is 5.32 Å². The van der Waals surface area contributed by atoms with Crippen LogP contribution in [-0.2, 0) is 6.54 Å². The first-order valence-corrected chi connectivity index (χ1v) is 5.71. The van der Waals surface area contributed by atoms with Crippen molar-refractivity contribution < 1.29 is 13.6 Å². The highest BCUT2D eigenvalue weighted by molar-refractivity contribution is 5.93. The molecule has 1 aromatic carbocycles. The fraction of sp³-hybridized carbons (Fsp3) is 0.143. The quantitative estimate of drug-likeness (QED) is 0.864. The first-order chi connectivity index (χ1) is 9.06. The van der Waals surface area contributed by atoms with Crippen molar-refractivity contribution in [3.63, 3.8) is 0 Å². The predicted octanol–water partition coefficient (Wildman–Crippen LogP) is 2.60. The molecule has 0 saturated heterocycles. The maximum atomic E-state index is 13.3. The number of aromatic nitrogens is 1. The summed E-state index contributed by atoms with van der Waals surface area (Å²) in [6, 6.07) is 7.19. The Kier molecular flexibility index (Phi) is 3.85. The van der Waals surface area contributed by atoms with Crippen molar-refractivity contribution in [3.05, 3.63) is 65.0 Å². The number of benzene rings is 1. The Morgan fingerprint density at radius 2 is 2.05 bits per heavy atom. The fourth-order valence-electron chi connectivity index (χ4n) is 1.57. The molecular weight excluding hydrogens is 250 g/mol. The van der Waals surface area contributed by atoms with E-state index in [1.807, 2.05) is 0 Å². The second-order valence-electron chi connectivity index (χ2n) is 4.13. The molecule has 1 N–H and O–H groups in total. The number of aryl methyl sites for hydroxylation is 1. The first-order valence-electron chi connectivity index (χ1n) is 5.71. The minimum Gasteiger partial charge on any atom is -0.348 e. The van der Waals surface area contributed by atoms with Gasteiger partial charge in [-0.3, -0.25) is 4.79 Å². The van der Waals surface area contributed by atoms with Crippen molar-refractivity contribution in [1.82, 2.24) is 10.3 Å². The molecule has 1 heterocycles. The van der Waals surface area contributed by atoms with E-state index in [-0.39, 0.29) is 17.9 Å². The lowest BCUT2D eigenvalue weighted by Gasteiger charge is -2.06. The molecule has 0 atom stereocenters. The molecule has 1 amide bonds. The van der Waals surface area contributed by atoms with Gasteiger partial charge in [-0.1, -0.05) is 12.1 Å². The summed E-state index contributed by atoms with van der Waals surface area (Å²) in [6.45, 7) is 1.84. The number of amides is 1. The molecular formula is C14H12F2N2O. The van der Waals surface area contributed by atoms with Crippen LogP contribution in [0.25, 0.3) is 0 Å². The van der Waals surface area contributed by atoms with Crippen molar-refractivity contribution in [1.29, 1.82) is 0 Å². The van der Waals surface area contributed by atoms with Gasteiger partial charge in [-0.15, -0.1) is 0 Å². The van der Waals surface area contributed by atoms with Gasteiger partial charge in [0.25, 0.3) is 5.91 Å². The Labute approximate surface area is 109 Å². The number of nitrogens with zero attached hydrogens (tertiary/aromatic N) is 1. The average Bonchev–Trinajstić information content (AvgIpc) is 2.40. The molecule has 98 valence electrons. The minimum atomic E-state index is -0.714. The molecule has 0 radical (unpaired) electrons. The average molecular weight is 262 g/mol. The Morgan fingerprint density at radius 1 is 1.26 bits per heavy atom. The Hall–Kier alpha value is -2.30. The van der Waals surface area contributed by atoms with E-state index >= 15 is 0 Å². The van der Waals surface area contributed by atoms with Crippen LogP contribution in [0.5, 0.6) is 0 Å². The zero-order valence-corrected chi connectivity index (χ0v) is 10.3. The molecule has 0 bridgehead atoms. The van der Waals surface area contributed by atoms with Crippen LogP contribution in [0.15, 0.2) is 36.5 Å². The molecule has 0 spiro atoms. The highest BCUT2D eigenvalue weighted by atomic mass is 19.1. The standard InChI is InChI=1S/C14H12F2N2O/c1-9-2-3-10(6-12(9)15)8-18-14(19)11-4-5-17-13(16)7-11/h2-7H,8H2,1H3,(H,18,19). The van der Waals surface area contributed by atoms with E-state index in [1.54, 1.807) is 19.1 Å². The maximum Gasteiger partial charge on any atom is 0.251 e. The van der Waals surface area contributed by atoms with Crippen LogP contribution in [0.3, 0.4) is 0 Å². The van der Waals surface area contributed by atoms with E-state index in [2.05, 4.69) is 10.3 Å². The van der Waals surface area contributed by atoms with Crippen molar-refractivity contribution in [2.45, 2.75) is 13.5 Å². The summed E-state index contributed by atoms with van der Waals surface area (Å²) in [7, 11) is 0. The van der Waals surface area contributed by atoms with Crippen LogP contribution in [0, 0.1) is 18.7 Å². The number of halogens is 2. The minimum absolute atomic E-state index is 0.181. The summed E-state index contributed by atoms with van der Waals surface area (Å²) < 4.78 is 26.2. The zero-order valence-electron chi connectivity index (χ0n) is 10.3. The van der Waals surface area contributed by atoms with Crippen LogP contribution >= 0.6 is 0 Å². The van der Waals surface area contributed by atoms with Crippen molar-refractivity contribution >= 4 is 5.91 Å². The summed E-state index contributed by atoms with van der Waals surface area (Å²) in [5.41, 5.74) is 1.37. The number of hydrogen-bond donors (Lipinski definition) is 1. The highest BCUT2D eigenvalue weighted by Crippen LogP contribution is 2.09. The Morgan fingerprint density at radius 3 is 2.74 bits per heavy atom. The molecule has 0 unspecified atom stereocenters. The molecule has 0 saturated carbocycles. The van der Waals surface area contributed by atoms with Crippen molar-refractivity contribution in [2.24, 2.45) is 0 Å². The number of rotatable bonds is 3. The van der Waals surface area contributed by atoms with Gasteiger partial charge in [0.15, 0.2) is 0 Å². The molecule has 5 heteroatoms. The summed E-state index contributed by atoms with van der Waals surface area (Å²) >= 11 is 0. The largest absolute Gasteiger partial charge is 0.348 e. The number of hydrogen-bond acceptors (Lipinski definition) is 2. The van der Waals surface area contributed by atoms with Gasteiger partial charge in [-0.25, -0.2) is 9.37 Å². The van der Waals surface area contributed by atoms with E-state index in [0.717, 1.165) is 6.07 Å². The lowest BCUT2D eigenvalue weighted by atomic mass is 10.1. The second-order valence-corrected chi connectivity index (χ2v) is 4.13. The first kappa shape index (κ1) is 13.1. The van der Waals surface area contributed by atoms with Crippen molar-refractivity contribution in [3.8, 4) is 0 Å². The molecule has 0 aliphatic rings. The molecule has 0 fully saturated rings. The summed E-state index contributed by atoms with van der Waals surface area (Å²) in [5.74, 6) is -1.46. The smallest absolute Gasteiger partial charge is 0.251 e. The van der Waals surface area contributed by atoms with Crippen LogP contribution in [0.2, 0.25) is 0 Å². The van der Waals surface area contributed by atoms with Gasteiger partial charge in [0, 0.05) is 24.4 Å². The van der Waals surface area contributed by atoms with E-state index in [0.29, 0.717) is 11.1 Å². The normalized spacial score (nSPS) is 10.3. The number of carbonyl (C=O) groups is 1. The van der Waals surface area contributed by atoms with E-state index < -0.39 is 11.9 Å². The van der Waals surface area contributed by atoms with Gasteiger partial charge in [0.05, 0.1) is 0 Å².